The second kappa shape index (κ2) is 6.35. The maximum absolute atomic E-state index is 5.90. The third-order valence-electron chi connectivity index (χ3n) is 4.90. The molecule has 1 aromatic heterocycles. The van der Waals surface area contributed by atoms with E-state index in [1.165, 1.54) is 31.2 Å². The maximum atomic E-state index is 5.90. The number of hydrazine groups is 1. The molecule has 0 bridgehead atoms. The number of nitrogens with one attached hydrogen (secondary N) is 1. The van der Waals surface area contributed by atoms with E-state index in [9.17, 15) is 0 Å². The van der Waals surface area contributed by atoms with Crippen LogP contribution in [-0.2, 0) is 6.42 Å². The zero-order valence-corrected chi connectivity index (χ0v) is 13.2. The average Bonchev–Trinajstić information content (AvgIpc) is 2.90. The van der Waals surface area contributed by atoms with Crippen molar-refractivity contribution in [3.8, 4) is 0 Å². The van der Waals surface area contributed by atoms with Crippen LogP contribution < -0.4 is 11.3 Å². The quantitative estimate of drug-likeness (QED) is 0.644. The van der Waals surface area contributed by atoms with Gasteiger partial charge in [0.15, 0.2) is 0 Å². The fourth-order valence-electron chi connectivity index (χ4n) is 3.42. The van der Waals surface area contributed by atoms with Crippen LogP contribution in [0.1, 0.15) is 38.2 Å². The zero-order chi connectivity index (χ0) is 13.9. The highest BCUT2D eigenvalue weighted by molar-refractivity contribution is 7.07. The molecule has 1 aliphatic rings. The molecular formula is C15H27N3S. The molecule has 1 atom stereocenters. The molecule has 1 unspecified atom stereocenters. The van der Waals surface area contributed by atoms with Crippen molar-refractivity contribution in [2.24, 2.45) is 11.8 Å². The molecule has 0 aliphatic heterocycles. The molecule has 0 amide bonds. The standard InChI is InChI=1S/C15H27N3S/c1-12-4-7-15(8-5-12,18(2)3)14(17-16)10-13-6-9-19-11-13/h6,9,11-12,14,17H,4-5,7-8,10,16H2,1-3H3. The summed E-state index contributed by atoms with van der Waals surface area (Å²) in [4.78, 5) is 2.40. The van der Waals surface area contributed by atoms with Gasteiger partial charge < -0.3 is 4.90 Å². The Bertz CT molecular complexity index is 367. The molecule has 1 saturated carbocycles. The number of nitrogens with zero attached hydrogens (tertiary/aromatic N) is 1. The molecule has 1 aliphatic carbocycles. The predicted octanol–water partition coefficient (Wildman–Crippen LogP) is 2.63. The summed E-state index contributed by atoms with van der Waals surface area (Å²) in [6.07, 6.45) is 6.10. The number of nitrogens with two attached hydrogens (primary N) is 1. The number of hydrogen-bond acceptors (Lipinski definition) is 4. The van der Waals surface area contributed by atoms with Crippen LogP contribution in [0.15, 0.2) is 16.8 Å². The molecular weight excluding hydrogens is 254 g/mol. The van der Waals surface area contributed by atoms with E-state index in [0.717, 1.165) is 12.3 Å². The summed E-state index contributed by atoms with van der Waals surface area (Å²) in [5.74, 6) is 6.76. The third kappa shape index (κ3) is 3.19. The van der Waals surface area contributed by atoms with E-state index in [1.807, 2.05) is 0 Å². The number of hydrogen-bond donors (Lipinski definition) is 2. The van der Waals surface area contributed by atoms with Crippen molar-refractivity contribution in [3.05, 3.63) is 22.4 Å². The van der Waals surface area contributed by atoms with Crippen molar-refractivity contribution in [1.29, 1.82) is 0 Å². The monoisotopic (exact) mass is 281 g/mol. The highest BCUT2D eigenvalue weighted by Gasteiger charge is 2.42. The van der Waals surface area contributed by atoms with Crippen molar-refractivity contribution in [3.63, 3.8) is 0 Å². The minimum absolute atomic E-state index is 0.198. The van der Waals surface area contributed by atoms with E-state index < -0.39 is 0 Å². The van der Waals surface area contributed by atoms with E-state index >= 15 is 0 Å². The van der Waals surface area contributed by atoms with Crippen molar-refractivity contribution >= 4 is 11.3 Å². The Balaban J connectivity index is 2.16. The van der Waals surface area contributed by atoms with Crippen LogP contribution in [-0.4, -0.2) is 30.6 Å². The lowest BCUT2D eigenvalue weighted by Gasteiger charge is -2.49. The van der Waals surface area contributed by atoms with Gasteiger partial charge in [0.25, 0.3) is 0 Å². The summed E-state index contributed by atoms with van der Waals surface area (Å²) < 4.78 is 0. The highest BCUT2D eigenvalue weighted by Crippen LogP contribution is 2.38. The molecule has 0 spiro atoms. The lowest BCUT2D eigenvalue weighted by Crippen LogP contribution is -2.62. The Kier molecular flexibility index (Phi) is 5.01. The van der Waals surface area contributed by atoms with Gasteiger partial charge in [0.2, 0.25) is 0 Å². The molecule has 1 aromatic rings. The molecule has 0 saturated heterocycles. The Morgan fingerprint density at radius 2 is 2.16 bits per heavy atom. The topological polar surface area (TPSA) is 41.3 Å². The second-order valence-corrected chi connectivity index (χ2v) is 7.02. The van der Waals surface area contributed by atoms with E-state index in [0.29, 0.717) is 6.04 Å². The second-order valence-electron chi connectivity index (χ2n) is 6.24. The van der Waals surface area contributed by atoms with Crippen LogP contribution in [0.5, 0.6) is 0 Å². The van der Waals surface area contributed by atoms with Crippen molar-refractivity contribution in [2.45, 2.75) is 50.6 Å². The molecule has 3 nitrogen and oxygen atoms in total. The first kappa shape index (κ1) is 15.0. The molecule has 19 heavy (non-hydrogen) atoms. The lowest BCUT2D eigenvalue weighted by molar-refractivity contribution is 0.0435. The van der Waals surface area contributed by atoms with Gasteiger partial charge in [-0.05, 0) is 74.5 Å². The van der Waals surface area contributed by atoms with Gasteiger partial charge in [-0.1, -0.05) is 6.92 Å². The smallest absolute Gasteiger partial charge is 0.0435 e. The minimum Gasteiger partial charge on any atom is -0.302 e. The third-order valence-corrected chi connectivity index (χ3v) is 5.63. The molecule has 0 aromatic carbocycles. The Hall–Kier alpha value is -0.420. The first-order chi connectivity index (χ1) is 9.08. The summed E-state index contributed by atoms with van der Waals surface area (Å²) in [6.45, 7) is 2.36. The molecule has 3 N–H and O–H groups in total. The Morgan fingerprint density at radius 3 is 2.63 bits per heavy atom. The van der Waals surface area contributed by atoms with Gasteiger partial charge in [0.1, 0.15) is 0 Å². The van der Waals surface area contributed by atoms with Gasteiger partial charge in [-0.25, -0.2) is 0 Å². The molecule has 108 valence electrons. The van der Waals surface area contributed by atoms with Crippen LogP contribution in [0.3, 0.4) is 0 Å². The van der Waals surface area contributed by atoms with Crippen LogP contribution in [0.25, 0.3) is 0 Å². The first-order valence-corrected chi connectivity index (χ1v) is 8.17. The van der Waals surface area contributed by atoms with Crippen LogP contribution in [0, 0.1) is 5.92 Å². The van der Waals surface area contributed by atoms with Gasteiger partial charge in [0.05, 0.1) is 0 Å². The van der Waals surface area contributed by atoms with Gasteiger partial charge in [-0.2, -0.15) is 11.3 Å². The fourth-order valence-corrected chi connectivity index (χ4v) is 4.10. The van der Waals surface area contributed by atoms with E-state index in [2.05, 4.69) is 48.2 Å². The summed E-state index contributed by atoms with van der Waals surface area (Å²) >= 11 is 1.76. The average molecular weight is 281 g/mol. The number of thiophene rings is 1. The lowest BCUT2D eigenvalue weighted by atomic mass is 9.71. The highest BCUT2D eigenvalue weighted by atomic mass is 32.1. The van der Waals surface area contributed by atoms with Crippen molar-refractivity contribution < 1.29 is 0 Å². The minimum atomic E-state index is 0.198. The Morgan fingerprint density at radius 1 is 1.47 bits per heavy atom. The molecule has 0 radical (unpaired) electrons. The SMILES string of the molecule is CC1CCC(C(Cc2ccsc2)NN)(N(C)C)CC1. The molecule has 1 heterocycles. The predicted molar refractivity (Wildman–Crippen MR) is 83.2 cm³/mol. The molecule has 2 rings (SSSR count). The molecule has 4 heteroatoms. The Labute approximate surface area is 121 Å². The maximum Gasteiger partial charge on any atom is 0.0435 e. The zero-order valence-electron chi connectivity index (χ0n) is 12.4. The summed E-state index contributed by atoms with van der Waals surface area (Å²) in [6, 6.07) is 2.54. The van der Waals surface area contributed by atoms with E-state index in [-0.39, 0.29) is 5.54 Å². The van der Waals surface area contributed by atoms with Crippen molar-refractivity contribution in [2.75, 3.05) is 14.1 Å². The summed E-state index contributed by atoms with van der Waals surface area (Å²) in [7, 11) is 4.40. The largest absolute Gasteiger partial charge is 0.302 e. The first-order valence-electron chi connectivity index (χ1n) is 7.23. The fraction of sp³-hybridized carbons (Fsp3) is 0.733. The normalized spacial score (nSPS) is 29.6. The van der Waals surface area contributed by atoms with Gasteiger partial charge >= 0.3 is 0 Å². The van der Waals surface area contributed by atoms with Gasteiger partial charge in [-0.15, -0.1) is 0 Å². The van der Waals surface area contributed by atoms with E-state index in [4.69, 9.17) is 5.84 Å². The number of rotatable bonds is 5. The van der Waals surface area contributed by atoms with Crippen LogP contribution >= 0.6 is 11.3 Å². The van der Waals surface area contributed by atoms with E-state index in [1.54, 1.807) is 11.3 Å². The van der Waals surface area contributed by atoms with Crippen LogP contribution in [0.4, 0.5) is 0 Å². The summed E-state index contributed by atoms with van der Waals surface area (Å²) in [5, 5.41) is 4.38. The summed E-state index contributed by atoms with van der Waals surface area (Å²) in [5.41, 5.74) is 4.70. The van der Waals surface area contributed by atoms with Crippen LogP contribution in [0.2, 0.25) is 0 Å². The van der Waals surface area contributed by atoms with Gasteiger partial charge in [-0.3, -0.25) is 11.3 Å². The van der Waals surface area contributed by atoms with Crippen molar-refractivity contribution in [1.82, 2.24) is 10.3 Å². The van der Waals surface area contributed by atoms with Gasteiger partial charge in [0, 0.05) is 11.6 Å². The number of likely N-dealkylation sites (N-methyl/N-ethyl adjacent to an activating group) is 1. The molecule has 1 fully saturated rings.